The maximum absolute atomic E-state index is 11.6. The molecular weight excluding hydrogens is 702 g/mol. The van der Waals surface area contributed by atoms with Crippen LogP contribution in [0.4, 0.5) is 0 Å². The molecule has 0 saturated carbocycles. The van der Waals surface area contributed by atoms with E-state index in [1.807, 2.05) is 36.4 Å². The van der Waals surface area contributed by atoms with E-state index < -0.39 is 18.1 Å². The molecule has 1 aliphatic carbocycles. The molecule has 48 heavy (non-hydrogen) atoms. The molecule has 2 aromatic heterocycles. The molecule has 0 bridgehead atoms. The molecular formula is C35H35BrClN5O6. The van der Waals surface area contributed by atoms with Gasteiger partial charge in [-0.05, 0) is 70.6 Å². The molecule has 4 N–H and O–H groups in total. The molecule has 1 aliphatic heterocycles. The highest BCUT2D eigenvalue weighted by Gasteiger charge is 2.33. The number of aliphatic imine (C=N–C) groups is 1. The molecule has 0 spiro atoms. The number of methoxy groups -OCH3 is 2. The summed E-state index contributed by atoms with van der Waals surface area (Å²) >= 11 is 10.7. The van der Waals surface area contributed by atoms with E-state index in [1.54, 1.807) is 13.2 Å². The molecule has 0 radical (unpaired) electrons. The summed E-state index contributed by atoms with van der Waals surface area (Å²) in [6.07, 6.45) is 1.24. The van der Waals surface area contributed by atoms with Gasteiger partial charge in [0.25, 0.3) is 0 Å². The van der Waals surface area contributed by atoms with Crippen molar-refractivity contribution < 1.29 is 29.2 Å². The smallest absolute Gasteiger partial charge is 0.326 e. The molecule has 0 saturated heterocycles. The number of nitrogens with one attached hydrogen (secondary N) is 2. The lowest BCUT2D eigenvalue weighted by atomic mass is 9.94. The summed E-state index contributed by atoms with van der Waals surface area (Å²) in [7, 11) is 3.09. The van der Waals surface area contributed by atoms with Gasteiger partial charge in [0, 0.05) is 29.8 Å². The highest BCUT2D eigenvalue weighted by molar-refractivity contribution is 9.10. The SMILES string of the molecule is COc1nc(O[C@H]2CCc3c(-c4cccc(-c5ccc(C6=NCCN6)c(OC)n5)c4Cl)cccc32)c(Br)cc1CN[C@@](C)(CO)C(=O)O. The number of nitrogens with zero attached hydrogens (tertiary/aromatic N) is 3. The van der Waals surface area contributed by atoms with Crippen LogP contribution in [-0.2, 0) is 17.8 Å². The van der Waals surface area contributed by atoms with Crippen molar-refractivity contribution in [3.8, 4) is 40.0 Å². The molecule has 3 heterocycles. The first-order valence-electron chi connectivity index (χ1n) is 15.4. The minimum absolute atomic E-state index is 0.104. The fraction of sp³-hybridized carbons (Fsp3) is 0.314. The first-order valence-corrected chi connectivity index (χ1v) is 16.6. The summed E-state index contributed by atoms with van der Waals surface area (Å²) in [5.74, 6) is 0.726. The van der Waals surface area contributed by atoms with Gasteiger partial charge in [-0.15, -0.1) is 0 Å². The van der Waals surface area contributed by atoms with Gasteiger partial charge >= 0.3 is 5.97 Å². The zero-order chi connectivity index (χ0) is 34.0. The highest BCUT2D eigenvalue weighted by Crippen LogP contribution is 2.44. The average Bonchev–Trinajstić information content (AvgIpc) is 3.79. The predicted octanol–water partition coefficient (Wildman–Crippen LogP) is 5.59. The molecule has 4 aromatic rings. The van der Waals surface area contributed by atoms with Crippen LogP contribution in [0.5, 0.6) is 17.6 Å². The van der Waals surface area contributed by atoms with E-state index in [-0.39, 0.29) is 18.5 Å². The Bertz CT molecular complexity index is 1910. The van der Waals surface area contributed by atoms with Crippen LogP contribution in [-0.4, -0.2) is 71.4 Å². The van der Waals surface area contributed by atoms with Crippen LogP contribution >= 0.6 is 27.5 Å². The van der Waals surface area contributed by atoms with Gasteiger partial charge in [-0.2, -0.15) is 4.98 Å². The maximum atomic E-state index is 11.6. The molecule has 2 aromatic carbocycles. The summed E-state index contributed by atoms with van der Waals surface area (Å²) < 4.78 is 18.2. The quantitative estimate of drug-likeness (QED) is 0.145. The first kappa shape index (κ1) is 33.7. The van der Waals surface area contributed by atoms with Gasteiger partial charge in [-0.1, -0.05) is 48.0 Å². The number of halogens is 2. The number of aliphatic hydroxyl groups is 1. The second-order valence-corrected chi connectivity index (χ2v) is 12.9. The van der Waals surface area contributed by atoms with E-state index >= 15 is 0 Å². The zero-order valence-corrected chi connectivity index (χ0v) is 29.0. The Morgan fingerprint density at radius 3 is 2.50 bits per heavy atom. The van der Waals surface area contributed by atoms with Crippen molar-refractivity contribution in [3.05, 3.63) is 86.3 Å². The van der Waals surface area contributed by atoms with Crippen LogP contribution in [0.25, 0.3) is 22.4 Å². The second kappa shape index (κ2) is 14.1. The number of pyridine rings is 2. The molecule has 13 heteroatoms. The average molecular weight is 737 g/mol. The third-order valence-electron chi connectivity index (χ3n) is 8.65. The van der Waals surface area contributed by atoms with Gasteiger partial charge in [0.1, 0.15) is 17.5 Å². The van der Waals surface area contributed by atoms with E-state index in [0.29, 0.717) is 32.5 Å². The lowest BCUT2D eigenvalue weighted by molar-refractivity contribution is -0.145. The number of rotatable bonds is 12. The van der Waals surface area contributed by atoms with E-state index in [4.69, 9.17) is 30.8 Å². The fourth-order valence-corrected chi connectivity index (χ4v) is 6.72. The predicted molar refractivity (Wildman–Crippen MR) is 186 cm³/mol. The number of amidine groups is 1. The molecule has 0 fully saturated rings. The minimum atomic E-state index is -1.52. The number of aliphatic hydroxyl groups excluding tert-OH is 1. The van der Waals surface area contributed by atoms with Crippen LogP contribution in [0.15, 0.2) is 64.1 Å². The molecule has 2 atom stereocenters. The number of hydrogen-bond acceptors (Lipinski definition) is 10. The number of ether oxygens (including phenoxy) is 3. The largest absolute Gasteiger partial charge is 0.481 e. The van der Waals surface area contributed by atoms with Gasteiger partial charge in [0.05, 0.1) is 48.1 Å². The van der Waals surface area contributed by atoms with Gasteiger partial charge in [-0.25, -0.2) is 4.98 Å². The molecule has 0 amide bonds. The Hall–Kier alpha value is -4.23. The van der Waals surface area contributed by atoms with Gasteiger partial charge in [-0.3, -0.25) is 15.1 Å². The topological polar surface area (TPSA) is 147 Å². The van der Waals surface area contributed by atoms with E-state index in [0.717, 1.165) is 65.1 Å². The van der Waals surface area contributed by atoms with Gasteiger partial charge < -0.3 is 29.7 Å². The number of fused-ring (bicyclic) bond motifs is 1. The van der Waals surface area contributed by atoms with Crippen molar-refractivity contribution in [2.75, 3.05) is 33.9 Å². The Morgan fingerprint density at radius 1 is 1.04 bits per heavy atom. The van der Waals surface area contributed by atoms with Crippen LogP contribution in [0.1, 0.15) is 41.7 Å². The van der Waals surface area contributed by atoms with Gasteiger partial charge in [0.15, 0.2) is 0 Å². The van der Waals surface area contributed by atoms with Crippen LogP contribution in [0, 0.1) is 0 Å². The van der Waals surface area contributed by atoms with Crippen molar-refractivity contribution in [2.45, 2.75) is 38.0 Å². The fourth-order valence-electron chi connectivity index (χ4n) is 5.94. The third kappa shape index (κ3) is 6.45. The summed E-state index contributed by atoms with van der Waals surface area (Å²) in [5, 5.41) is 25.8. The Balaban J connectivity index is 1.27. The van der Waals surface area contributed by atoms with Crippen molar-refractivity contribution in [1.82, 2.24) is 20.6 Å². The summed E-state index contributed by atoms with van der Waals surface area (Å²) in [4.78, 5) is 25.5. The Labute approximate surface area is 291 Å². The lowest BCUT2D eigenvalue weighted by Gasteiger charge is -2.24. The molecule has 0 unspecified atom stereocenters. The molecule has 2 aliphatic rings. The summed E-state index contributed by atoms with van der Waals surface area (Å²) in [5.41, 5.74) is 5.50. The third-order valence-corrected chi connectivity index (χ3v) is 9.63. The zero-order valence-electron chi connectivity index (χ0n) is 26.6. The van der Waals surface area contributed by atoms with Crippen molar-refractivity contribution in [3.63, 3.8) is 0 Å². The first-order chi connectivity index (χ1) is 23.2. The van der Waals surface area contributed by atoms with E-state index in [9.17, 15) is 15.0 Å². The van der Waals surface area contributed by atoms with Crippen LogP contribution in [0.3, 0.4) is 0 Å². The van der Waals surface area contributed by atoms with Crippen molar-refractivity contribution >= 4 is 39.3 Å². The number of aromatic nitrogens is 2. The van der Waals surface area contributed by atoms with Crippen LogP contribution < -0.4 is 24.8 Å². The minimum Gasteiger partial charge on any atom is -0.481 e. The maximum Gasteiger partial charge on any atom is 0.326 e. The number of carbonyl (C=O) groups is 1. The lowest BCUT2D eigenvalue weighted by Crippen LogP contribution is -2.52. The van der Waals surface area contributed by atoms with E-state index in [2.05, 4.69) is 48.7 Å². The second-order valence-electron chi connectivity index (χ2n) is 11.7. The number of carboxylic acids is 1. The number of carboxylic acid groups (broad SMARTS) is 1. The molecule has 250 valence electrons. The monoisotopic (exact) mass is 735 g/mol. The van der Waals surface area contributed by atoms with Crippen molar-refractivity contribution in [2.24, 2.45) is 4.99 Å². The number of aliphatic carboxylic acids is 1. The molecule has 6 rings (SSSR count). The van der Waals surface area contributed by atoms with E-state index in [1.165, 1.54) is 14.0 Å². The van der Waals surface area contributed by atoms with Crippen molar-refractivity contribution in [1.29, 1.82) is 0 Å². The van der Waals surface area contributed by atoms with Gasteiger partial charge in [0.2, 0.25) is 17.6 Å². The highest BCUT2D eigenvalue weighted by atomic mass is 79.9. The summed E-state index contributed by atoms with van der Waals surface area (Å²) in [6, 6.07) is 17.7. The summed E-state index contributed by atoms with van der Waals surface area (Å²) in [6.45, 7) is 2.44. The number of benzene rings is 2. The Kier molecular flexibility index (Phi) is 9.88. The molecule has 11 nitrogen and oxygen atoms in total. The Morgan fingerprint density at radius 2 is 1.79 bits per heavy atom. The van der Waals surface area contributed by atoms with Crippen LogP contribution in [0.2, 0.25) is 5.02 Å². The normalized spacial score (nSPS) is 16.5. The number of hydrogen-bond donors (Lipinski definition) is 4. The standard InChI is InChI=1S/C35H35BrClN5O6/c1-35(18-43,34(44)45)40-17-19-16-26(36)33(42-31(19)46-2)48-28-13-11-21-20(6-4-7-22(21)28)23-8-5-9-24(29(23)37)27-12-10-25(32(41-27)47-3)30-38-14-15-39-30/h4-10,12,16,28,40,43H,11,13-15,17-18H2,1-3H3,(H,38,39)(H,44,45)/t28-,35-/m0/s1.